The lowest BCUT2D eigenvalue weighted by Gasteiger charge is -2.28. The van der Waals surface area contributed by atoms with Crippen LogP contribution in [0.2, 0.25) is 0 Å². The zero-order chi connectivity index (χ0) is 23.0. The Hall–Kier alpha value is -3.12. The summed E-state index contributed by atoms with van der Waals surface area (Å²) in [5, 5.41) is 9.46. The molecule has 1 heterocycles. The van der Waals surface area contributed by atoms with Crippen molar-refractivity contribution in [1.29, 1.82) is 0 Å². The van der Waals surface area contributed by atoms with Gasteiger partial charge in [-0.15, -0.1) is 0 Å². The summed E-state index contributed by atoms with van der Waals surface area (Å²) < 4.78 is 33.4. The standard InChI is InChI=1S/C26H28F2N2O2/c1-3-16-32-21-17-29-25(30-18-21)26(13-6-4-5-8-19(2)31)14-11-20(12-15-26)22-9-7-10-23(27)24(22)28/h3,6-7,9-14,17-19,31H,1,4-5,8,15-16H2,2H3/b13-6+. The summed E-state index contributed by atoms with van der Waals surface area (Å²) >= 11 is 0. The molecule has 0 saturated heterocycles. The Morgan fingerprint density at radius 2 is 2.06 bits per heavy atom. The van der Waals surface area contributed by atoms with Crippen LogP contribution < -0.4 is 4.74 Å². The van der Waals surface area contributed by atoms with Crippen molar-refractivity contribution in [1.82, 2.24) is 9.97 Å². The molecule has 1 aromatic carbocycles. The van der Waals surface area contributed by atoms with E-state index in [1.165, 1.54) is 6.07 Å². The zero-order valence-electron chi connectivity index (χ0n) is 18.2. The number of allylic oxidation sites excluding steroid dienone is 6. The summed E-state index contributed by atoms with van der Waals surface area (Å²) in [6, 6.07) is 4.17. The SMILES string of the molecule is C=CCOc1cnc(C2(/C=C/CCCC(C)O)C=CC(c3cccc(F)c3F)=CC2)nc1. The Balaban J connectivity index is 1.86. The monoisotopic (exact) mass is 438 g/mol. The molecule has 1 aliphatic rings. The van der Waals surface area contributed by atoms with Gasteiger partial charge in [-0.25, -0.2) is 18.7 Å². The predicted octanol–water partition coefficient (Wildman–Crippen LogP) is 5.71. The summed E-state index contributed by atoms with van der Waals surface area (Å²) in [5.74, 6) is -0.598. The van der Waals surface area contributed by atoms with Gasteiger partial charge in [-0.2, -0.15) is 0 Å². The largest absolute Gasteiger partial charge is 0.486 e. The average molecular weight is 439 g/mol. The Bertz CT molecular complexity index is 1010. The van der Waals surface area contributed by atoms with Crippen molar-refractivity contribution in [3.8, 4) is 5.75 Å². The molecule has 0 radical (unpaired) electrons. The van der Waals surface area contributed by atoms with E-state index in [0.717, 1.165) is 25.3 Å². The fourth-order valence-corrected chi connectivity index (χ4v) is 3.55. The number of hydrogen-bond donors (Lipinski definition) is 1. The van der Waals surface area contributed by atoms with Crippen LogP contribution in [-0.4, -0.2) is 27.8 Å². The van der Waals surface area contributed by atoms with Gasteiger partial charge in [-0.1, -0.05) is 55.2 Å². The first-order valence-electron chi connectivity index (χ1n) is 10.7. The van der Waals surface area contributed by atoms with Gasteiger partial charge >= 0.3 is 0 Å². The molecule has 0 bridgehead atoms. The Morgan fingerprint density at radius 3 is 2.72 bits per heavy atom. The molecule has 32 heavy (non-hydrogen) atoms. The van der Waals surface area contributed by atoms with Crippen LogP contribution in [0, 0.1) is 11.6 Å². The van der Waals surface area contributed by atoms with Gasteiger partial charge in [-0.3, -0.25) is 0 Å². The lowest BCUT2D eigenvalue weighted by molar-refractivity contribution is 0.182. The Kier molecular flexibility index (Phi) is 8.06. The van der Waals surface area contributed by atoms with Gasteiger partial charge in [0.2, 0.25) is 0 Å². The molecule has 0 amide bonds. The molecule has 1 aromatic heterocycles. The normalized spacial score (nSPS) is 19.1. The van der Waals surface area contributed by atoms with Crippen LogP contribution in [0.3, 0.4) is 0 Å². The molecule has 2 unspecified atom stereocenters. The number of aliphatic hydroxyl groups is 1. The molecule has 0 spiro atoms. The van der Waals surface area contributed by atoms with E-state index in [0.29, 0.717) is 30.2 Å². The fraction of sp³-hybridized carbons (Fsp3) is 0.308. The van der Waals surface area contributed by atoms with E-state index in [-0.39, 0.29) is 11.7 Å². The van der Waals surface area contributed by atoms with Crippen LogP contribution in [0.4, 0.5) is 8.78 Å². The van der Waals surface area contributed by atoms with Crippen molar-refractivity contribution in [3.05, 3.63) is 96.7 Å². The van der Waals surface area contributed by atoms with Crippen LogP contribution in [0.15, 0.2) is 73.6 Å². The van der Waals surface area contributed by atoms with Crippen LogP contribution >= 0.6 is 0 Å². The fourth-order valence-electron chi connectivity index (χ4n) is 3.55. The van der Waals surface area contributed by atoms with Gasteiger partial charge < -0.3 is 9.84 Å². The lowest BCUT2D eigenvalue weighted by Crippen LogP contribution is -2.25. The van der Waals surface area contributed by atoms with Gasteiger partial charge in [0.1, 0.15) is 12.4 Å². The maximum Gasteiger partial charge on any atom is 0.166 e. The summed E-state index contributed by atoms with van der Waals surface area (Å²) in [4.78, 5) is 9.02. The quantitative estimate of drug-likeness (QED) is 0.381. The lowest BCUT2D eigenvalue weighted by atomic mass is 9.77. The molecule has 1 aliphatic carbocycles. The van der Waals surface area contributed by atoms with Gasteiger partial charge in [0.25, 0.3) is 0 Å². The molecule has 168 valence electrons. The van der Waals surface area contributed by atoms with Crippen molar-refractivity contribution in [3.63, 3.8) is 0 Å². The molecule has 0 saturated carbocycles. The van der Waals surface area contributed by atoms with Gasteiger partial charge in [0.05, 0.1) is 23.9 Å². The number of aromatic nitrogens is 2. The smallest absolute Gasteiger partial charge is 0.166 e. The maximum atomic E-state index is 14.3. The molecule has 2 aromatic rings. The third-order valence-corrected chi connectivity index (χ3v) is 5.30. The highest BCUT2D eigenvalue weighted by molar-refractivity contribution is 5.76. The number of halogens is 2. The first kappa shape index (κ1) is 23.5. The van der Waals surface area contributed by atoms with Crippen LogP contribution in [0.1, 0.15) is 44.0 Å². The zero-order valence-corrected chi connectivity index (χ0v) is 18.2. The van der Waals surface area contributed by atoms with Crippen molar-refractivity contribution in [2.24, 2.45) is 0 Å². The number of benzene rings is 1. The van der Waals surface area contributed by atoms with E-state index in [4.69, 9.17) is 4.74 Å². The van der Waals surface area contributed by atoms with Crippen LogP contribution in [0.5, 0.6) is 5.75 Å². The second-order valence-corrected chi connectivity index (χ2v) is 7.86. The van der Waals surface area contributed by atoms with Crippen molar-refractivity contribution in [2.45, 2.75) is 44.1 Å². The molecule has 4 nitrogen and oxygen atoms in total. The topological polar surface area (TPSA) is 55.2 Å². The maximum absolute atomic E-state index is 14.3. The summed E-state index contributed by atoms with van der Waals surface area (Å²) in [6.07, 6.45) is 17.1. The number of rotatable bonds is 10. The molecule has 6 heteroatoms. The second kappa shape index (κ2) is 11.0. The Labute approximate surface area is 187 Å². The number of ether oxygens (including phenoxy) is 1. The molecular formula is C26H28F2N2O2. The van der Waals surface area contributed by atoms with Gasteiger partial charge in [0.15, 0.2) is 17.4 Å². The molecule has 3 rings (SSSR count). The van der Waals surface area contributed by atoms with Crippen LogP contribution in [0.25, 0.3) is 5.57 Å². The van der Waals surface area contributed by atoms with E-state index < -0.39 is 17.0 Å². The number of hydrogen-bond acceptors (Lipinski definition) is 4. The third-order valence-electron chi connectivity index (χ3n) is 5.30. The highest BCUT2D eigenvalue weighted by Gasteiger charge is 2.31. The minimum atomic E-state index is -0.870. The molecule has 1 N–H and O–H groups in total. The highest BCUT2D eigenvalue weighted by Crippen LogP contribution is 2.37. The summed E-state index contributed by atoms with van der Waals surface area (Å²) in [7, 11) is 0. The van der Waals surface area contributed by atoms with Crippen LogP contribution in [-0.2, 0) is 5.41 Å². The minimum absolute atomic E-state index is 0.227. The molecule has 0 aliphatic heterocycles. The minimum Gasteiger partial charge on any atom is -0.486 e. The first-order chi connectivity index (χ1) is 15.4. The van der Waals surface area contributed by atoms with Gasteiger partial charge in [-0.05, 0) is 44.2 Å². The number of nitrogens with zero attached hydrogens (tertiary/aromatic N) is 2. The van der Waals surface area contributed by atoms with Gasteiger partial charge in [0, 0.05) is 5.56 Å². The van der Waals surface area contributed by atoms with Crippen molar-refractivity contribution < 1.29 is 18.6 Å². The van der Waals surface area contributed by atoms with E-state index in [1.54, 1.807) is 37.5 Å². The second-order valence-electron chi connectivity index (χ2n) is 7.86. The number of aliphatic hydroxyl groups excluding tert-OH is 1. The van der Waals surface area contributed by atoms with E-state index in [9.17, 15) is 13.9 Å². The van der Waals surface area contributed by atoms with Crippen molar-refractivity contribution in [2.75, 3.05) is 6.61 Å². The highest BCUT2D eigenvalue weighted by atomic mass is 19.2. The molecular weight excluding hydrogens is 410 g/mol. The third kappa shape index (κ3) is 5.77. The van der Waals surface area contributed by atoms with Crippen molar-refractivity contribution >= 4 is 5.57 Å². The van der Waals surface area contributed by atoms with E-state index in [1.807, 2.05) is 18.2 Å². The first-order valence-corrected chi connectivity index (χ1v) is 10.7. The number of unbranched alkanes of at least 4 members (excludes halogenated alkanes) is 1. The van der Waals surface area contributed by atoms with E-state index >= 15 is 0 Å². The summed E-state index contributed by atoms with van der Waals surface area (Å²) in [6.45, 7) is 5.76. The van der Waals surface area contributed by atoms with E-state index in [2.05, 4.69) is 22.6 Å². The molecule has 0 fully saturated rings. The predicted molar refractivity (Wildman–Crippen MR) is 122 cm³/mol. The Morgan fingerprint density at radius 1 is 1.28 bits per heavy atom. The summed E-state index contributed by atoms with van der Waals surface area (Å²) in [5.41, 5.74) is 0.227. The average Bonchev–Trinajstić information content (AvgIpc) is 2.80. The molecule has 2 atom stereocenters.